The predicted molar refractivity (Wildman–Crippen MR) is 69.5 cm³/mol. The van der Waals surface area contributed by atoms with Gasteiger partial charge in [-0.2, -0.15) is 0 Å². The van der Waals surface area contributed by atoms with Crippen molar-refractivity contribution in [3.8, 4) is 0 Å². The van der Waals surface area contributed by atoms with Gasteiger partial charge in [-0.15, -0.1) is 0 Å². The summed E-state index contributed by atoms with van der Waals surface area (Å²) in [5.74, 6) is -0.481. The van der Waals surface area contributed by atoms with E-state index in [0.29, 0.717) is 6.54 Å². The summed E-state index contributed by atoms with van der Waals surface area (Å²) in [6.45, 7) is 3.81. The molecule has 1 rings (SSSR count). The second-order valence-electron chi connectivity index (χ2n) is 4.82. The molecule has 106 valence electrons. The molecule has 0 aliphatic rings. The third-order valence-corrected chi connectivity index (χ3v) is 2.86. The Morgan fingerprint density at radius 3 is 2.58 bits per heavy atom. The molecular formula is C12H20N4O3. The molecular weight excluding hydrogens is 248 g/mol. The maximum atomic E-state index is 11.9. The average molecular weight is 268 g/mol. The van der Waals surface area contributed by atoms with Crippen LogP contribution in [0.25, 0.3) is 0 Å². The minimum atomic E-state index is -1.03. The lowest BCUT2D eigenvalue weighted by molar-refractivity contribution is -0.140. The van der Waals surface area contributed by atoms with E-state index in [-0.39, 0.29) is 5.92 Å². The number of urea groups is 1. The molecule has 0 saturated heterocycles. The Morgan fingerprint density at radius 1 is 1.53 bits per heavy atom. The van der Waals surface area contributed by atoms with Crippen molar-refractivity contribution in [1.82, 2.24) is 19.8 Å². The van der Waals surface area contributed by atoms with Crippen LogP contribution in [0, 0.1) is 5.92 Å². The van der Waals surface area contributed by atoms with Crippen molar-refractivity contribution in [2.75, 3.05) is 7.05 Å². The summed E-state index contributed by atoms with van der Waals surface area (Å²) < 4.78 is 1.81. The highest BCUT2D eigenvalue weighted by molar-refractivity contribution is 5.82. The summed E-state index contributed by atoms with van der Waals surface area (Å²) in [6, 6.07) is -1.32. The summed E-state index contributed by atoms with van der Waals surface area (Å²) in [5.41, 5.74) is 0. The molecule has 7 nitrogen and oxygen atoms in total. The molecule has 1 aromatic rings. The number of nitrogens with one attached hydrogen (secondary N) is 1. The van der Waals surface area contributed by atoms with E-state index in [2.05, 4.69) is 10.3 Å². The molecule has 0 saturated carbocycles. The van der Waals surface area contributed by atoms with Gasteiger partial charge in [0.2, 0.25) is 0 Å². The Kier molecular flexibility index (Phi) is 4.91. The molecule has 1 unspecified atom stereocenters. The topological polar surface area (TPSA) is 87.5 Å². The van der Waals surface area contributed by atoms with Gasteiger partial charge >= 0.3 is 12.0 Å². The van der Waals surface area contributed by atoms with E-state index in [1.165, 1.54) is 4.90 Å². The number of aliphatic carboxylic acids is 1. The number of carbonyl (C=O) groups is 2. The molecule has 0 spiro atoms. The van der Waals surface area contributed by atoms with Crippen LogP contribution in [-0.4, -0.2) is 44.6 Å². The number of rotatable bonds is 5. The first-order valence-electron chi connectivity index (χ1n) is 6.03. The number of imidazole rings is 1. The Labute approximate surface area is 112 Å². The first-order valence-corrected chi connectivity index (χ1v) is 6.03. The highest BCUT2D eigenvalue weighted by Crippen LogP contribution is 2.04. The Bertz CT molecular complexity index is 456. The van der Waals surface area contributed by atoms with E-state index in [1.807, 2.05) is 7.05 Å². The van der Waals surface area contributed by atoms with E-state index in [9.17, 15) is 9.59 Å². The zero-order chi connectivity index (χ0) is 14.6. The highest BCUT2D eigenvalue weighted by atomic mass is 16.4. The number of carboxylic acid groups (broad SMARTS) is 1. The van der Waals surface area contributed by atoms with Crippen LogP contribution in [0.4, 0.5) is 4.79 Å². The Balaban J connectivity index is 2.62. The summed E-state index contributed by atoms with van der Waals surface area (Å²) in [4.78, 5) is 28.5. The fraction of sp³-hybridized carbons (Fsp3) is 0.583. The number of hydrogen-bond donors (Lipinski definition) is 2. The number of carboxylic acids is 1. The summed E-state index contributed by atoms with van der Waals surface area (Å²) in [5, 5.41) is 11.5. The summed E-state index contributed by atoms with van der Waals surface area (Å²) in [7, 11) is 3.44. The van der Waals surface area contributed by atoms with E-state index < -0.39 is 18.0 Å². The van der Waals surface area contributed by atoms with Crippen LogP contribution in [0.2, 0.25) is 0 Å². The zero-order valence-electron chi connectivity index (χ0n) is 11.6. The van der Waals surface area contributed by atoms with Crippen LogP contribution >= 0.6 is 0 Å². The van der Waals surface area contributed by atoms with Gasteiger partial charge in [-0.3, -0.25) is 0 Å². The quantitative estimate of drug-likeness (QED) is 0.821. The summed E-state index contributed by atoms with van der Waals surface area (Å²) >= 11 is 0. The second kappa shape index (κ2) is 6.21. The van der Waals surface area contributed by atoms with Crippen LogP contribution in [0.5, 0.6) is 0 Å². The molecule has 0 aliphatic carbocycles. The number of hydrogen-bond acceptors (Lipinski definition) is 3. The lowest BCUT2D eigenvalue weighted by Gasteiger charge is -2.23. The van der Waals surface area contributed by atoms with Gasteiger partial charge in [0.25, 0.3) is 0 Å². The molecule has 1 atom stereocenters. The standard InChI is InChI=1S/C12H20N4O3/c1-8(2)10(11(17)18)14-12(19)16(4)7-9-13-5-6-15(9)3/h5-6,8,10H,7H2,1-4H3,(H,14,19)(H,17,18). The first kappa shape index (κ1) is 15.0. The van der Waals surface area contributed by atoms with Gasteiger partial charge in [0.15, 0.2) is 0 Å². The minimum Gasteiger partial charge on any atom is -0.480 e. The van der Waals surface area contributed by atoms with Crippen LogP contribution < -0.4 is 5.32 Å². The van der Waals surface area contributed by atoms with Crippen molar-refractivity contribution in [2.24, 2.45) is 13.0 Å². The van der Waals surface area contributed by atoms with E-state index in [4.69, 9.17) is 5.11 Å². The van der Waals surface area contributed by atoms with Crippen molar-refractivity contribution in [3.05, 3.63) is 18.2 Å². The SMILES string of the molecule is CC(C)C(NC(=O)N(C)Cc1nccn1C)C(=O)O. The van der Waals surface area contributed by atoms with Gasteiger partial charge in [-0.05, 0) is 5.92 Å². The molecule has 0 aliphatic heterocycles. The van der Waals surface area contributed by atoms with Crippen molar-refractivity contribution in [3.63, 3.8) is 0 Å². The van der Waals surface area contributed by atoms with Crippen LogP contribution in [0.15, 0.2) is 12.4 Å². The largest absolute Gasteiger partial charge is 0.480 e. The molecule has 0 aromatic carbocycles. The fourth-order valence-corrected chi connectivity index (χ4v) is 1.59. The van der Waals surface area contributed by atoms with Gasteiger partial charge in [-0.1, -0.05) is 13.8 Å². The van der Waals surface area contributed by atoms with Gasteiger partial charge in [-0.25, -0.2) is 14.6 Å². The van der Waals surface area contributed by atoms with Gasteiger partial charge in [0.05, 0.1) is 6.54 Å². The molecule has 1 aromatic heterocycles. The molecule has 2 N–H and O–H groups in total. The second-order valence-corrected chi connectivity index (χ2v) is 4.82. The van der Waals surface area contributed by atoms with Crippen molar-refractivity contribution >= 4 is 12.0 Å². The number of amides is 2. The summed E-state index contributed by atoms with van der Waals surface area (Å²) in [6.07, 6.45) is 3.44. The number of aromatic nitrogens is 2. The number of aryl methyl sites for hydroxylation is 1. The van der Waals surface area contributed by atoms with Crippen LogP contribution in [0.3, 0.4) is 0 Å². The van der Waals surface area contributed by atoms with Gasteiger partial charge in [0, 0.05) is 26.5 Å². The molecule has 0 radical (unpaired) electrons. The molecule has 0 bridgehead atoms. The molecule has 7 heteroatoms. The maximum Gasteiger partial charge on any atom is 0.326 e. The third kappa shape index (κ3) is 3.97. The molecule has 0 fully saturated rings. The van der Waals surface area contributed by atoms with Crippen molar-refractivity contribution in [2.45, 2.75) is 26.4 Å². The van der Waals surface area contributed by atoms with E-state index in [0.717, 1.165) is 5.82 Å². The predicted octanol–water partition coefficient (Wildman–Crippen LogP) is 0.671. The van der Waals surface area contributed by atoms with Gasteiger partial charge < -0.3 is 19.9 Å². The van der Waals surface area contributed by atoms with Crippen LogP contribution in [0.1, 0.15) is 19.7 Å². The smallest absolute Gasteiger partial charge is 0.326 e. The molecule has 2 amide bonds. The maximum absolute atomic E-state index is 11.9. The first-order chi connectivity index (χ1) is 8.82. The van der Waals surface area contributed by atoms with E-state index >= 15 is 0 Å². The Morgan fingerprint density at radius 2 is 2.16 bits per heavy atom. The lowest BCUT2D eigenvalue weighted by atomic mass is 10.1. The van der Waals surface area contributed by atoms with E-state index in [1.54, 1.807) is 37.9 Å². The van der Waals surface area contributed by atoms with Crippen molar-refractivity contribution < 1.29 is 14.7 Å². The molecule has 1 heterocycles. The fourth-order valence-electron chi connectivity index (χ4n) is 1.59. The number of nitrogens with zero attached hydrogens (tertiary/aromatic N) is 3. The normalized spacial score (nSPS) is 12.3. The van der Waals surface area contributed by atoms with Crippen molar-refractivity contribution in [1.29, 1.82) is 0 Å². The average Bonchev–Trinajstić information content (AvgIpc) is 2.70. The number of carbonyl (C=O) groups excluding carboxylic acids is 1. The Hall–Kier alpha value is -2.05. The van der Waals surface area contributed by atoms with Gasteiger partial charge in [0.1, 0.15) is 11.9 Å². The molecule has 19 heavy (non-hydrogen) atoms. The van der Waals surface area contributed by atoms with Crippen LogP contribution in [-0.2, 0) is 18.4 Å². The monoisotopic (exact) mass is 268 g/mol. The third-order valence-electron chi connectivity index (χ3n) is 2.86. The lowest BCUT2D eigenvalue weighted by Crippen LogP contribution is -2.49. The zero-order valence-corrected chi connectivity index (χ0v) is 11.6. The minimum absolute atomic E-state index is 0.178. The highest BCUT2D eigenvalue weighted by Gasteiger charge is 2.25.